The molecule has 0 N–H and O–H groups in total. The zero-order valence-electron chi connectivity index (χ0n) is 22.3. The summed E-state index contributed by atoms with van der Waals surface area (Å²) in [5.74, 6) is 0.0705. The smallest absolute Gasteiger partial charge is 0.283 e. The van der Waals surface area contributed by atoms with Gasteiger partial charge in [-0.1, -0.05) is 90.5 Å². The van der Waals surface area contributed by atoms with E-state index < -0.39 is 9.84 Å². The number of hydrogen-bond donors (Lipinski definition) is 0. The van der Waals surface area contributed by atoms with Crippen molar-refractivity contribution in [2.45, 2.75) is 30.7 Å². The van der Waals surface area contributed by atoms with Gasteiger partial charge in [-0.2, -0.15) is 0 Å². The van der Waals surface area contributed by atoms with E-state index >= 15 is 0 Å². The van der Waals surface area contributed by atoms with Gasteiger partial charge in [-0.25, -0.2) is 13.3 Å². The summed E-state index contributed by atoms with van der Waals surface area (Å²) in [5.41, 5.74) is 6.14. The lowest BCUT2D eigenvalue weighted by Crippen LogP contribution is -2.27. The fourth-order valence-corrected chi connectivity index (χ4v) is 6.88. The number of hydrogen-bond acceptors (Lipinski definition) is 3. The molecule has 0 fully saturated rings. The molecule has 0 amide bonds. The molecule has 0 aliphatic carbocycles. The summed E-state index contributed by atoms with van der Waals surface area (Å²) < 4.78 is 26.6. The molecule has 2 unspecified atom stereocenters. The average molecular weight is 541 g/mol. The van der Waals surface area contributed by atoms with Crippen LogP contribution in [-0.2, 0) is 9.84 Å². The van der Waals surface area contributed by atoms with Gasteiger partial charge in [-0.15, -0.1) is 0 Å². The molecule has 40 heavy (non-hydrogen) atoms. The van der Waals surface area contributed by atoms with Crippen molar-refractivity contribution in [1.82, 2.24) is 0 Å². The molecule has 1 aliphatic rings. The maximum Gasteiger partial charge on any atom is 0.283 e. The Bertz CT molecular complexity index is 1900. The Labute approximate surface area is 235 Å². The number of aryl methyl sites for hydroxylation is 1. The quantitative estimate of drug-likeness (QED) is 0.210. The van der Waals surface area contributed by atoms with Crippen LogP contribution < -0.4 is 4.90 Å². The van der Waals surface area contributed by atoms with Crippen molar-refractivity contribution < 1.29 is 8.42 Å². The minimum absolute atomic E-state index is 0.0705. The summed E-state index contributed by atoms with van der Waals surface area (Å²) in [6.07, 6.45) is 1.49. The number of anilines is 2. The van der Waals surface area contributed by atoms with Crippen molar-refractivity contribution in [2.75, 3.05) is 4.90 Å². The van der Waals surface area contributed by atoms with Gasteiger partial charge >= 0.3 is 0 Å². The summed E-state index contributed by atoms with van der Waals surface area (Å²) in [4.78, 5) is 5.94. The Morgan fingerprint density at radius 2 is 1.52 bits per heavy atom. The fourth-order valence-electron chi connectivity index (χ4n) is 5.73. The lowest BCUT2D eigenvalue weighted by atomic mass is 9.88. The first-order valence-corrected chi connectivity index (χ1v) is 14.7. The highest BCUT2D eigenvalue weighted by Crippen LogP contribution is 2.49. The lowest BCUT2D eigenvalue weighted by molar-refractivity contribution is 0.603. The lowest BCUT2D eigenvalue weighted by Gasteiger charge is -2.28. The first-order chi connectivity index (χ1) is 19.4. The molecule has 6 rings (SSSR count). The molecule has 0 saturated heterocycles. The molecular formula is C35H28N2O2S. The molecule has 0 spiro atoms. The van der Waals surface area contributed by atoms with E-state index in [4.69, 9.17) is 6.57 Å². The van der Waals surface area contributed by atoms with Crippen molar-refractivity contribution >= 4 is 38.1 Å². The number of nitrogens with zero attached hydrogens (tertiary/aromatic N) is 2. The van der Waals surface area contributed by atoms with Crippen LogP contribution in [0.3, 0.4) is 0 Å². The van der Waals surface area contributed by atoms with Gasteiger partial charge in [-0.05, 0) is 77.7 Å². The highest BCUT2D eigenvalue weighted by Gasteiger charge is 2.37. The van der Waals surface area contributed by atoms with Crippen molar-refractivity contribution in [1.29, 1.82) is 0 Å². The number of benzene rings is 5. The monoisotopic (exact) mass is 540 g/mol. The number of rotatable bonds is 5. The molecule has 0 saturated carbocycles. The third-order valence-electron chi connectivity index (χ3n) is 7.71. The van der Waals surface area contributed by atoms with E-state index in [1.807, 2.05) is 31.2 Å². The minimum Gasteiger partial charge on any atom is -0.337 e. The molecule has 1 heterocycles. The first kappa shape index (κ1) is 25.6. The van der Waals surface area contributed by atoms with Gasteiger partial charge in [0, 0.05) is 23.3 Å². The third kappa shape index (κ3) is 4.47. The molecule has 5 aromatic carbocycles. The van der Waals surface area contributed by atoms with Crippen LogP contribution in [0.1, 0.15) is 35.1 Å². The second-order valence-corrected chi connectivity index (χ2v) is 12.2. The Morgan fingerprint density at radius 3 is 2.25 bits per heavy atom. The van der Waals surface area contributed by atoms with Crippen LogP contribution in [0.5, 0.6) is 0 Å². The van der Waals surface area contributed by atoms with Gasteiger partial charge in [0.1, 0.15) is 0 Å². The third-order valence-corrected chi connectivity index (χ3v) is 9.37. The molecule has 5 heteroatoms. The molecule has 4 nitrogen and oxygen atoms in total. The summed E-state index contributed by atoms with van der Waals surface area (Å²) in [7, 11) is -3.93. The SMILES string of the molecule is [C-]#[N+]/C(=C\c1ccc2c(c1)C(c1ccccc1)C(C)N2c1ccc2ccccc2c1)S(=O)(=O)c1ccc(C)cc1. The van der Waals surface area contributed by atoms with E-state index in [1.54, 1.807) is 24.3 Å². The zero-order chi connectivity index (χ0) is 27.9. The Balaban J connectivity index is 1.47. The topological polar surface area (TPSA) is 41.7 Å². The molecular weight excluding hydrogens is 512 g/mol. The molecule has 5 aromatic rings. The average Bonchev–Trinajstić information content (AvgIpc) is 3.27. The van der Waals surface area contributed by atoms with Crippen LogP contribution in [0.2, 0.25) is 0 Å². The standard InChI is InChI=1S/C35H28N2O2S/c1-24-13-18-31(19-14-24)40(38,39)34(36-3)22-26-15-20-33-32(21-26)35(28-10-5-4-6-11-28)25(2)37(33)30-17-16-27-9-7-8-12-29(27)23-30/h4-23,25,35H,1-2H3/b34-22+. The van der Waals surface area contributed by atoms with Crippen molar-refractivity contribution in [2.24, 2.45) is 0 Å². The van der Waals surface area contributed by atoms with Gasteiger partial charge in [-0.3, -0.25) is 0 Å². The van der Waals surface area contributed by atoms with Crippen LogP contribution in [0.15, 0.2) is 125 Å². The van der Waals surface area contributed by atoms with Gasteiger partial charge in [0.2, 0.25) is 9.84 Å². The van der Waals surface area contributed by atoms with Crippen LogP contribution in [0, 0.1) is 13.5 Å². The maximum absolute atomic E-state index is 13.3. The summed E-state index contributed by atoms with van der Waals surface area (Å²) >= 11 is 0. The van der Waals surface area contributed by atoms with Crippen molar-refractivity contribution in [3.8, 4) is 0 Å². The van der Waals surface area contributed by atoms with E-state index in [2.05, 4.69) is 83.4 Å². The number of fused-ring (bicyclic) bond motifs is 2. The van der Waals surface area contributed by atoms with Crippen molar-refractivity contribution in [3.63, 3.8) is 0 Å². The van der Waals surface area contributed by atoms with Crippen LogP contribution in [0.4, 0.5) is 11.4 Å². The van der Waals surface area contributed by atoms with Crippen LogP contribution >= 0.6 is 0 Å². The van der Waals surface area contributed by atoms with Gasteiger partial charge in [0.15, 0.2) is 0 Å². The first-order valence-electron chi connectivity index (χ1n) is 13.2. The second kappa shape index (κ2) is 10.1. The predicted octanol–water partition coefficient (Wildman–Crippen LogP) is 8.51. The summed E-state index contributed by atoms with van der Waals surface area (Å²) in [6.45, 7) is 11.8. The fraction of sp³-hybridized carbons (Fsp3) is 0.114. The zero-order valence-corrected chi connectivity index (χ0v) is 23.1. The molecule has 0 aromatic heterocycles. The normalized spacial score (nSPS) is 17.0. The largest absolute Gasteiger partial charge is 0.337 e. The van der Waals surface area contributed by atoms with E-state index in [1.165, 1.54) is 22.4 Å². The Hall–Kier alpha value is -4.66. The van der Waals surface area contributed by atoms with E-state index in [9.17, 15) is 8.42 Å². The molecule has 0 bridgehead atoms. The maximum atomic E-state index is 13.3. The Kier molecular flexibility index (Phi) is 6.50. The van der Waals surface area contributed by atoms with E-state index in [0.717, 1.165) is 22.5 Å². The second-order valence-electron chi connectivity index (χ2n) is 10.3. The summed E-state index contributed by atoms with van der Waals surface area (Å²) in [6, 6.07) is 38.0. The molecule has 0 radical (unpaired) electrons. The highest BCUT2D eigenvalue weighted by atomic mass is 32.2. The van der Waals surface area contributed by atoms with Crippen LogP contribution in [-0.4, -0.2) is 14.5 Å². The Morgan fingerprint density at radius 1 is 0.825 bits per heavy atom. The molecule has 2 atom stereocenters. The van der Waals surface area contributed by atoms with Gasteiger partial charge in [0.25, 0.3) is 5.03 Å². The summed E-state index contributed by atoms with van der Waals surface area (Å²) in [5, 5.41) is 2.09. The van der Waals surface area contributed by atoms with Crippen LogP contribution in [0.25, 0.3) is 21.7 Å². The van der Waals surface area contributed by atoms with Crippen molar-refractivity contribution in [3.05, 3.63) is 154 Å². The highest BCUT2D eigenvalue weighted by molar-refractivity contribution is 7.95. The van der Waals surface area contributed by atoms with Gasteiger partial charge < -0.3 is 4.90 Å². The van der Waals surface area contributed by atoms with E-state index in [0.29, 0.717) is 5.56 Å². The predicted molar refractivity (Wildman–Crippen MR) is 163 cm³/mol. The molecule has 1 aliphatic heterocycles. The molecule has 196 valence electrons. The minimum atomic E-state index is -3.93. The number of sulfone groups is 1. The van der Waals surface area contributed by atoms with E-state index in [-0.39, 0.29) is 21.9 Å². The van der Waals surface area contributed by atoms with Gasteiger partial charge in [0.05, 0.1) is 11.5 Å².